The van der Waals surface area contributed by atoms with Gasteiger partial charge in [0.05, 0.1) is 0 Å². The third kappa shape index (κ3) is 7.98. The average molecular weight is 266 g/mol. The summed E-state index contributed by atoms with van der Waals surface area (Å²) in [6.07, 6.45) is 7.29. The quantitative estimate of drug-likeness (QED) is 0.580. The Morgan fingerprint density at radius 3 is 2.00 bits per heavy atom. The van der Waals surface area contributed by atoms with Crippen molar-refractivity contribution in [3.63, 3.8) is 0 Å². The second-order valence-corrected chi connectivity index (χ2v) is 5.21. The van der Waals surface area contributed by atoms with Gasteiger partial charge in [0.25, 0.3) is 0 Å². The third-order valence-electron chi connectivity index (χ3n) is 3.37. The molecule has 1 aromatic carbocycles. The molecule has 0 heterocycles. The fourth-order valence-corrected chi connectivity index (χ4v) is 2.20. The molecule has 2 rings (SSSR count). The van der Waals surface area contributed by atoms with E-state index in [-0.39, 0.29) is 0 Å². The molecule has 0 aliphatic heterocycles. The maximum atomic E-state index is 8.93. The summed E-state index contributed by atoms with van der Waals surface area (Å²) in [6, 6.07) is 10.4. The van der Waals surface area contributed by atoms with E-state index in [0.29, 0.717) is 19.4 Å². The summed E-state index contributed by atoms with van der Waals surface area (Å²) < 4.78 is 0. The van der Waals surface area contributed by atoms with Gasteiger partial charge >= 0.3 is 0 Å². The van der Waals surface area contributed by atoms with Crippen LogP contribution in [0.4, 0.5) is 0 Å². The lowest BCUT2D eigenvalue weighted by Crippen LogP contribution is -2.30. The summed E-state index contributed by atoms with van der Waals surface area (Å²) in [5.41, 5.74) is 1.36. The number of aryl methyl sites for hydroxylation is 1. The van der Waals surface area contributed by atoms with Crippen molar-refractivity contribution in [2.24, 2.45) is 0 Å². The lowest BCUT2D eigenvalue weighted by Gasteiger charge is -2.25. The van der Waals surface area contributed by atoms with Crippen LogP contribution in [-0.4, -0.2) is 27.7 Å². The zero-order valence-electron chi connectivity index (χ0n) is 11.6. The molecule has 3 N–H and O–H groups in total. The first-order valence-electron chi connectivity index (χ1n) is 7.23. The van der Waals surface area contributed by atoms with E-state index in [1.54, 1.807) is 0 Å². The van der Waals surface area contributed by atoms with Crippen LogP contribution in [0.3, 0.4) is 0 Å². The minimum Gasteiger partial charge on any atom is -0.396 e. The van der Waals surface area contributed by atoms with E-state index in [1.807, 2.05) is 18.2 Å². The van der Waals surface area contributed by atoms with Crippen LogP contribution in [0.5, 0.6) is 0 Å². The number of aliphatic hydroxyl groups excluding tert-OH is 1. The van der Waals surface area contributed by atoms with Crippen molar-refractivity contribution in [1.29, 1.82) is 0 Å². The molecule has 19 heavy (non-hydrogen) atoms. The van der Waals surface area contributed by atoms with Gasteiger partial charge in [0.1, 0.15) is 0 Å². The molecule has 0 amide bonds. The largest absolute Gasteiger partial charge is 0.396 e. The molecule has 1 saturated carbocycles. The van der Waals surface area contributed by atoms with Crippen molar-refractivity contribution >= 4 is 0 Å². The molecule has 0 unspecified atom stereocenters. The molecule has 0 aromatic heterocycles. The zero-order chi connectivity index (χ0) is 14.0. The number of hydrogen-bond acceptors (Lipinski definition) is 3. The topological polar surface area (TPSA) is 60.7 Å². The maximum Gasteiger partial charge on any atom is 0.162 e. The molecule has 0 bridgehead atoms. The average Bonchev–Trinajstić information content (AvgIpc) is 2.41. The highest BCUT2D eigenvalue weighted by Crippen LogP contribution is 2.24. The summed E-state index contributed by atoms with van der Waals surface area (Å²) in [5, 5.41) is 26.4. The normalized spacial score (nSPS) is 17.4. The standard InChI is InChI=1S/C10H14O.C6H12O2/c11-9-5-4-8-10-6-2-1-3-7-10;7-6(8)4-2-1-3-5-6/h1-3,6-7,11H,4-5,8-9H2;7-8H,1-5H2. The Morgan fingerprint density at radius 2 is 1.53 bits per heavy atom. The smallest absolute Gasteiger partial charge is 0.162 e. The van der Waals surface area contributed by atoms with Gasteiger partial charge in [-0.15, -0.1) is 0 Å². The number of unbranched alkanes of at least 4 members (excludes halogenated alkanes) is 1. The number of hydrogen-bond donors (Lipinski definition) is 3. The van der Waals surface area contributed by atoms with Crippen LogP contribution in [0.15, 0.2) is 30.3 Å². The lowest BCUT2D eigenvalue weighted by atomic mass is 9.95. The predicted octanol–water partition coefficient (Wildman–Crippen LogP) is 2.63. The highest BCUT2D eigenvalue weighted by atomic mass is 16.5. The fourth-order valence-electron chi connectivity index (χ4n) is 2.20. The third-order valence-corrected chi connectivity index (χ3v) is 3.37. The molecule has 3 heteroatoms. The Morgan fingerprint density at radius 1 is 0.895 bits per heavy atom. The number of aliphatic hydroxyl groups is 3. The Hall–Kier alpha value is -0.900. The SMILES string of the molecule is OC1(O)CCCCC1.OCCCCc1ccccc1. The van der Waals surface area contributed by atoms with Gasteiger partial charge in [0, 0.05) is 19.4 Å². The molecular weight excluding hydrogens is 240 g/mol. The van der Waals surface area contributed by atoms with Crippen LogP contribution in [0, 0.1) is 0 Å². The summed E-state index contributed by atoms with van der Waals surface area (Å²) in [4.78, 5) is 0. The van der Waals surface area contributed by atoms with Gasteiger partial charge in [-0.25, -0.2) is 0 Å². The van der Waals surface area contributed by atoms with Crippen LogP contribution in [0.25, 0.3) is 0 Å². The predicted molar refractivity (Wildman–Crippen MR) is 76.7 cm³/mol. The molecule has 0 saturated heterocycles. The number of rotatable bonds is 4. The van der Waals surface area contributed by atoms with Gasteiger partial charge in [-0.2, -0.15) is 0 Å². The molecule has 1 aliphatic rings. The Bertz CT molecular complexity index is 314. The van der Waals surface area contributed by atoms with Crippen molar-refractivity contribution in [1.82, 2.24) is 0 Å². The van der Waals surface area contributed by atoms with Crippen molar-refractivity contribution in [3.05, 3.63) is 35.9 Å². The lowest BCUT2D eigenvalue weighted by molar-refractivity contribution is -0.180. The summed E-state index contributed by atoms with van der Waals surface area (Å²) in [7, 11) is 0. The van der Waals surface area contributed by atoms with E-state index in [9.17, 15) is 0 Å². The van der Waals surface area contributed by atoms with Crippen LogP contribution in [0.1, 0.15) is 50.5 Å². The molecule has 0 spiro atoms. The fraction of sp³-hybridized carbons (Fsp3) is 0.625. The Labute approximate surface area is 115 Å². The van der Waals surface area contributed by atoms with E-state index in [4.69, 9.17) is 15.3 Å². The van der Waals surface area contributed by atoms with Gasteiger partial charge in [-0.3, -0.25) is 0 Å². The van der Waals surface area contributed by atoms with Crippen molar-refractivity contribution < 1.29 is 15.3 Å². The Balaban J connectivity index is 0.000000200. The molecule has 1 fully saturated rings. The highest BCUT2D eigenvalue weighted by Gasteiger charge is 2.24. The first-order valence-corrected chi connectivity index (χ1v) is 7.23. The van der Waals surface area contributed by atoms with Crippen molar-refractivity contribution in [2.45, 2.75) is 57.2 Å². The second kappa shape index (κ2) is 9.08. The van der Waals surface area contributed by atoms with Crippen LogP contribution >= 0.6 is 0 Å². The molecule has 1 aliphatic carbocycles. The molecular formula is C16H26O3. The summed E-state index contributed by atoms with van der Waals surface area (Å²) in [5.74, 6) is -1.32. The van der Waals surface area contributed by atoms with Gasteiger partial charge in [-0.05, 0) is 37.7 Å². The van der Waals surface area contributed by atoms with E-state index in [1.165, 1.54) is 5.56 Å². The molecule has 3 nitrogen and oxygen atoms in total. The van der Waals surface area contributed by atoms with E-state index in [2.05, 4.69) is 12.1 Å². The minimum absolute atomic E-state index is 0.312. The molecule has 0 radical (unpaired) electrons. The van der Waals surface area contributed by atoms with Gasteiger partial charge in [-0.1, -0.05) is 36.8 Å². The maximum absolute atomic E-state index is 8.93. The van der Waals surface area contributed by atoms with E-state index in [0.717, 1.165) is 38.5 Å². The van der Waals surface area contributed by atoms with E-state index >= 15 is 0 Å². The van der Waals surface area contributed by atoms with Crippen molar-refractivity contribution in [3.8, 4) is 0 Å². The van der Waals surface area contributed by atoms with Gasteiger partial charge in [0.15, 0.2) is 5.79 Å². The van der Waals surface area contributed by atoms with Crippen LogP contribution < -0.4 is 0 Å². The van der Waals surface area contributed by atoms with Crippen LogP contribution in [0.2, 0.25) is 0 Å². The first kappa shape index (κ1) is 16.2. The molecule has 0 atom stereocenters. The monoisotopic (exact) mass is 266 g/mol. The molecule has 108 valence electrons. The first-order chi connectivity index (χ1) is 9.14. The van der Waals surface area contributed by atoms with Crippen molar-refractivity contribution in [2.75, 3.05) is 6.61 Å². The highest BCUT2D eigenvalue weighted by molar-refractivity contribution is 5.14. The van der Waals surface area contributed by atoms with Crippen LogP contribution in [-0.2, 0) is 6.42 Å². The molecule has 1 aromatic rings. The summed E-state index contributed by atoms with van der Waals surface area (Å²) >= 11 is 0. The zero-order valence-corrected chi connectivity index (χ0v) is 11.6. The minimum atomic E-state index is -1.32. The van der Waals surface area contributed by atoms with Gasteiger partial charge in [0.2, 0.25) is 0 Å². The summed E-state index contributed by atoms with van der Waals surface area (Å²) in [6.45, 7) is 0.312. The second-order valence-electron chi connectivity index (χ2n) is 5.21. The van der Waals surface area contributed by atoms with Gasteiger partial charge < -0.3 is 15.3 Å². The Kier molecular flexibility index (Phi) is 7.72. The number of benzene rings is 1. The van der Waals surface area contributed by atoms with E-state index < -0.39 is 5.79 Å².